The first-order chi connectivity index (χ1) is 30.5. The summed E-state index contributed by atoms with van der Waals surface area (Å²) in [5.41, 5.74) is 5.48. The molecule has 4 aliphatic rings. The van der Waals surface area contributed by atoms with E-state index >= 15 is 0 Å². The third kappa shape index (κ3) is 18.5. The highest BCUT2D eigenvalue weighted by atomic mass is 16.5. The van der Waals surface area contributed by atoms with E-state index in [1.807, 2.05) is 0 Å². The second-order valence-electron chi connectivity index (χ2n) is 17.6. The molecule has 13 heteroatoms. The quantitative estimate of drug-likeness (QED) is 0.0801. The molecule has 2 saturated carbocycles. The van der Waals surface area contributed by atoms with Gasteiger partial charge in [0.15, 0.2) is 0 Å². The summed E-state index contributed by atoms with van der Waals surface area (Å²) in [7, 11) is 3.49. The summed E-state index contributed by atoms with van der Waals surface area (Å²) >= 11 is 0. The maximum atomic E-state index is 10.6. The Morgan fingerprint density at radius 2 is 1.00 bits per heavy atom. The molecule has 2 aromatic carbocycles. The molecule has 2 fully saturated rings. The third-order valence-electron chi connectivity index (χ3n) is 13.7. The number of hydrogen-bond donors (Lipinski definition) is 7. The van der Waals surface area contributed by atoms with Crippen molar-refractivity contribution in [2.75, 3.05) is 40.5 Å². The van der Waals surface area contributed by atoms with Gasteiger partial charge in [-0.25, -0.2) is 0 Å². The monoisotopic (exact) mass is 886 g/mol. The Kier molecular flexibility index (Phi) is 28.5. The number of hydrogen-bond acceptors (Lipinski definition) is 13. The van der Waals surface area contributed by atoms with Gasteiger partial charge in [-0.1, -0.05) is 76.6 Å². The van der Waals surface area contributed by atoms with Crippen LogP contribution in [0.4, 0.5) is 0 Å². The number of rotatable bonds is 20. The van der Waals surface area contributed by atoms with E-state index < -0.39 is 0 Å². The van der Waals surface area contributed by atoms with Crippen LogP contribution in [-0.2, 0) is 44.9 Å². The first-order valence-corrected chi connectivity index (χ1v) is 23.4. The molecular formula is C50H79NO12. The largest absolute Gasteiger partial charge is 0.496 e. The molecule has 0 amide bonds. The lowest BCUT2D eigenvalue weighted by Crippen LogP contribution is -2.28. The number of methoxy groups -OCH3 is 2. The van der Waals surface area contributed by atoms with Crippen LogP contribution >= 0.6 is 0 Å². The summed E-state index contributed by atoms with van der Waals surface area (Å²) in [4.78, 5) is 32.5. The van der Waals surface area contributed by atoms with E-state index in [9.17, 15) is 20.4 Å². The van der Waals surface area contributed by atoms with Gasteiger partial charge >= 0.3 is 12.3 Å². The number of benzene rings is 2. The molecule has 0 aromatic heterocycles. The normalized spacial score (nSPS) is 24.4. The van der Waals surface area contributed by atoms with Crippen LogP contribution in [0, 0.1) is 35.5 Å². The molecular weight excluding hydrogens is 807 g/mol. The fourth-order valence-corrected chi connectivity index (χ4v) is 10.6. The molecule has 10 atom stereocenters. The first kappa shape index (κ1) is 55.7. The Hall–Kier alpha value is -3.48. The lowest BCUT2D eigenvalue weighted by molar-refractivity contribution is -0.193. The van der Waals surface area contributed by atoms with Crippen molar-refractivity contribution >= 4 is 12.3 Å². The molecule has 0 heterocycles. The van der Waals surface area contributed by atoms with Crippen molar-refractivity contribution in [3.63, 3.8) is 0 Å². The van der Waals surface area contributed by atoms with Crippen LogP contribution in [0.15, 0.2) is 36.4 Å². The van der Waals surface area contributed by atoms with Crippen LogP contribution in [0.2, 0.25) is 0 Å². The predicted octanol–water partition coefficient (Wildman–Crippen LogP) is 5.65. The summed E-state index contributed by atoms with van der Waals surface area (Å²) < 4.78 is 11.1. The number of fused-ring (bicyclic) bond motifs is 4. The van der Waals surface area contributed by atoms with E-state index in [4.69, 9.17) is 38.9 Å². The molecule has 0 unspecified atom stereocenters. The third-order valence-corrected chi connectivity index (χ3v) is 13.7. The van der Waals surface area contributed by atoms with Crippen molar-refractivity contribution in [1.82, 2.24) is 5.32 Å². The highest BCUT2D eigenvalue weighted by Gasteiger charge is 2.46. The van der Waals surface area contributed by atoms with E-state index in [-0.39, 0.29) is 49.9 Å². The van der Waals surface area contributed by atoms with E-state index in [0.717, 1.165) is 101 Å². The van der Waals surface area contributed by atoms with Crippen LogP contribution in [0.3, 0.4) is 0 Å². The van der Waals surface area contributed by atoms with Gasteiger partial charge in [-0.3, -0.25) is 0 Å². The molecule has 7 N–H and O–H groups in total. The van der Waals surface area contributed by atoms with Gasteiger partial charge in [0.25, 0.3) is 0 Å². The van der Waals surface area contributed by atoms with Gasteiger partial charge in [0.05, 0.1) is 51.8 Å². The van der Waals surface area contributed by atoms with Crippen molar-refractivity contribution < 1.29 is 59.3 Å². The fraction of sp³-hybridized carbons (Fsp3) is 0.720. The second kappa shape index (κ2) is 32.2. The van der Waals surface area contributed by atoms with Crippen LogP contribution in [0.5, 0.6) is 11.5 Å². The number of unbranched alkanes of at least 4 members (excludes halogenated alkanes) is 4. The van der Waals surface area contributed by atoms with Gasteiger partial charge in [0.2, 0.25) is 0 Å². The Labute approximate surface area is 376 Å². The number of ether oxygens (including phenoxy) is 2. The van der Waals surface area contributed by atoms with Crippen molar-refractivity contribution in [1.29, 1.82) is 0 Å². The van der Waals surface area contributed by atoms with Crippen LogP contribution in [0.25, 0.3) is 0 Å². The van der Waals surface area contributed by atoms with Gasteiger partial charge < -0.3 is 45.4 Å². The van der Waals surface area contributed by atoms with E-state index in [1.54, 1.807) is 14.2 Å². The number of nitrogens with one attached hydrogen (secondary N) is 1. The smallest absolute Gasteiger partial charge is 0.373 e. The molecule has 2 aromatic rings. The standard InChI is InChI=1S/2C22H34O3.C4H11NO2.2CO2/c2*1-3-4-5-8-17(23)10-11-18-19-12-15-7-6-9-22(25-2)20(15)13-16(19)14-21(18)24;6-3-1-5-2-4-7;2*2-1-3/h2*6-7,9,16-19,21,23-24H,3-5,8,10-14H2,1-2H3;5-7H,1-4H2;;/t2*16-,17-,18+,19-,21+;;;/m00.../s1. The second-order valence-corrected chi connectivity index (χ2v) is 17.6. The minimum absolute atomic E-state index is 0.139. The SMILES string of the molecule is CCCCC[C@H](O)CC[C@@H]1[C@H]2Cc3cccc(OC)c3C[C@H]2C[C@H]1O.CCCCC[C@H](O)CC[C@@H]1[C@H]2Cc3cccc(OC)c3C[C@H]2C[C@H]1O.O=C=O.O=C=O.OCCNCCO. The summed E-state index contributed by atoms with van der Waals surface area (Å²) in [6.45, 7) is 5.80. The maximum Gasteiger partial charge on any atom is 0.373 e. The van der Waals surface area contributed by atoms with Gasteiger partial charge in [0, 0.05) is 13.1 Å². The minimum Gasteiger partial charge on any atom is -0.496 e. The topological polar surface area (TPSA) is 220 Å². The maximum absolute atomic E-state index is 10.6. The lowest BCUT2D eigenvalue weighted by Gasteiger charge is -2.32. The first-order valence-electron chi connectivity index (χ1n) is 23.4. The highest BCUT2D eigenvalue weighted by molar-refractivity contribution is 5.44. The number of carbonyl (C=O) groups excluding carboxylic acids is 4. The Morgan fingerprint density at radius 3 is 1.33 bits per heavy atom. The molecule has 356 valence electrons. The number of aliphatic hydroxyl groups is 6. The Balaban J connectivity index is 0.000000340. The summed E-state index contributed by atoms with van der Waals surface area (Å²) in [6.07, 6.45) is 18.0. The van der Waals surface area contributed by atoms with Crippen molar-refractivity contribution in [3.8, 4) is 11.5 Å². The molecule has 0 aliphatic heterocycles. The van der Waals surface area contributed by atoms with Crippen molar-refractivity contribution in [2.45, 2.75) is 154 Å². The van der Waals surface area contributed by atoms with E-state index in [0.29, 0.717) is 48.6 Å². The molecule has 0 saturated heterocycles. The van der Waals surface area contributed by atoms with Gasteiger partial charge in [-0.2, -0.15) is 19.2 Å². The Bertz CT molecular complexity index is 1480. The summed E-state index contributed by atoms with van der Waals surface area (Å²) in [5, 5.41) is 60.9. The Morgan fingerprint density at radius 1 is 0.619 bits per heavy atom. The highest BCUT2D eigenvalue weighted by Crippen LogP contribution is 2.50. The molecule has 6 rings (SSSR count). The van der Waals surface area contributed by atoms with Crippen LogP contribution < -0.4 is 14.8 Å². The van der Waals surface area contributed by atoms with E-state index in [1.165, 1.54) is 47.9 Å². The van der Waals surface area contributed by atoms with E-state index in [2.05, 4.69) is 55.6 Å². The number of aliphatic hydroxyl groups excluding tert-OH is 6. The van der Waals surface area contributed by atoms with Gasteiger partial charge in [-0.05, 0) is 147 Å². The molecule has 0 spiro atoms. The van der Waals surface area contributed by atoms with Crippen molar-refractivity contribution in [2.24, 2.45) is 35.5 Å². The average Bonchev–Trinajstić information content (AvgIpc) is 3.76. The summed E-state index contributed by atoms with van der Waals surface area (Å²) in [6, 6.07) is 12.7. The molecule has 0 bridgehead atoms. The van der Waals surface area contributed by atoms with Gasteiger partial charge in [-0.15, -0.1) is 0 Å². The molecule has 13 nitrogen and oxygen atoms in total. The lowest BCUT2D eigenvalue weighted by atomic mass is 9.73. The van der Waals surface area contributed by atoms with Crippen molar-refractivity contribution in [3.05, 3.63) is 58.7 Å². The summed E-state index contributed by atoms with van der Waals surface area (Å²) in [5.74, 6) is 4.90. The zero-order valence-electron chi connectivity index (χ0n) is 38.4. The minimum atomic E-state index is -0.210. The van der Waals surface area contributed by atoms with Crippen LogP contribution in [0.1, 0.15) is 126 Å². The van der Waals surface area contributed by atoms with Gasteiger partial charge in [0.1, 0.15) is 11.5 Å². The molecule has 63 heavy (non-hydrogen) atoms. The van der Waals surface area contributed by atoms with Crippen LogP contribution in [-0.4, -0.2) is 108 Å². The molecule has 4 aliphatic carbocycles. The zero-order chi connectivity index (χ0) is 46.6. The zero-order valence-corrected chi connectivity index (χ0v) is 38.4. The fourth-order valence-electron chi connectivity index (χ4n) is 10.6. The predicted molar refractivity (Wildman–Crippen MR) is 239 cm³/mol. The molecule has 0 radical (unpaired) electrons. The average molecular weight is 886 g/mol.